The first-order valence-electron chi connectivity index (χ1n) is 3.60. The van der Waals surface area contributed by atoms with Gasteiger partial charge in [-0.25, -0.2) is 0 Å². The molecule has 0 spiro atoms. The van der Waals surface area contributed by atoms with E-state index in [-0.39, 0.29) is 13.0 Å². The van der Waals surface area contributed by atoms with Crippen molar-refractivity contribution in [3.05, 3.63) is 23.7 Å². The van der Waals surface area contributed by atoms with Crippen LogP contribution in [0.5, 0.6) is 0 Å². The predicted octanol–water partition coefficient (Wildman–Crippen LogP) is 0.685. The van der Waals surface area contributed by atoms with Gasteiger partial charge in [-0.1, -0.05) is 0 Å². The van der Waals surface area contributed by atoms with Gasteiger partial charge in [0, 0.05) is 0 Å². The summed E-state index contributed by atoms with van der Waals surface area (Å²) in [6, 6.07) is 4.87. The average molecular weight is 166 g/mol. The van der Waals surface area contributed by atoms with Gasteiger partial charge in [0.2, 0.25) is 0 Å². The normalized spacial score (nSPS) is 12.4. The van der Waals surface area contributed by atoms with Gasteiger partial charge in [-0.05, 0) is 12.1 Å². The minimum absolute atomic E-state index is 0.140. The van der Waals surface area contributed by atoms with Crippen LogP contribution in [0.2, 0.25) is 0 Å². The van der Waals surface area contributed by atoms with Crippen LogP contribution >= 0.6 is 0 Å². The zero-order chi connectivity index (χ0) is 8.97. The molecule has 0 aliphatic heterocycles. The zero-order valence-corrected chi connectivity index (χ0v) is 6.53. The molecule has 0 amide bonds. The van der Waals surface area contributed by atoms with Crippen LogP contribution in [0.1, 0.15) is 24.0 Å². The summed E-state index contributed by atoms with van der Waals surface area (Å²) in [5.74, 6) is 1.01. The van der Waals surface area contributed by atoms with Crippen molar-refractivity contribution in [1.82, 2.24) is 0 Å². The molecule has 1 atom stereocenters. The monoisotopic (exact) mass is 166 g/mol. The van der Waals surface area contributed by atoms with Crippen molar-refractivity contribution in [3.63, 3.8) is 0 Å². The highest BCUT2D eigenvalue weighted by Gasteiger charge is 2.09. The fraction of sp³-hybridized carbons (Fsp3) is 0.375. The van der Waals surface area contributed by atoms with Gasteiger partial charge in [-0.3, -0.25) is 0 Å². The van der Waals surface area contributed by atoms with E-state index in [1.54, 1.807) is 12.1 Å². The second kappa shape index (κ2) is 3.90. The van der Waals surface area contributed by atoms with Gasteiger partial charge >= 0.3 is 0 Å². The number of hydrogen-bond donors (Lipinski definition) is 2. The molecule has 0 aliphatic rings. The molecule has 0 radical (unpaired) electrons. The first-order chi connectivity index (χ1) is 5.77. The standard InChI is InChI=1S/C8H10N2O2/c9-4-3-7(10)8-2-1-6(5-11)12-8/h1-2,7,11H,3,5,10H2/t7-/m1/s1. The van der Waals surface area contributed by atoms with Gasteiger partial charge in [0.05, 0.1) is 18.5 Å². The number of aliphatic hydroxyl groups excluding tert-OH is 1. The molecule has 64 valence electrons. The van der Waals surface area contributed by atoms with E-state index in [1.165, 1.54) is 0 Å². The Morgan fingerprint density at radius 2 is 2.42 bits per heavy atom. The van der Waals surface area contributed by atoms with Crippen LogP contribution in [0.15, 0.2) is 16.5 Å². The number of nitrogens with zero attached hydrogens (tertiary/aromatic N) is 1. The van der Waals surface area contributed by atoms with E-state index in [4.69, 9.17) is 20.5 Å². The quantitative estimate of drug-likeness (QED) is 0.691. The number of rotatable bonds is 3. The highest BCUT2D eigenvalue weighted by molar-refractivity contribution is 5.10. The first kappa shape index (κ1) is 8.78. The van der Waals surface area contributed by atoms with Crippen molar-refractivity contribution >= 4 is 0 Å². The molecule has 12 heavy (non-hydrogen) atoms. The lowest BCUT2D eigenvalue weighted by Crippen LogP contribution is -2.07. The van der Waals surface area contributed by atoms with Crippen molar-refractivity contribution in [2.45, 2.75) is 19.1 Å². The highest BCUT2D eigenvalue weighted by atomic mass is 16.4. The van der Waals surface area contributed by atoms with E-state index < -0.39 is 6.04 Å². The molecule has 0 aliphatic carbocycles. The lowest BCUT2D eigenvalue weighted by Gasteiger charge is -2.01. The molecule has 0 aromatic carbocycles. The van der Waals surface area contributed by atoms with Crippen LogP contribution in [-0.2, 0) is 6.61 Å². The van der Waals surface area contributed by atoms with E-state index in [1.807, 2.05) is 6.07 Å². The zero-order valence-electron chi connectivity index (χ0n) is 6.53. The SMILES string of the molecule is N#CC[C@@H](N)c1ccc(CO)o1. The van der Waals surface area contributed by atoms with E-state index in [0.29, 0.717) is 11.5 Å². The number of nitrogens with two attached hydrogens (primary N) is 1. The molecule has 1 aromatic heterocycles. The minimum Gasteiger partial charge on any atom is -0.462 e. The third kappa shape index (κ3) is 1.84. The van der Waals surface area contributed by atoms with E-state index >= 15 is 0 Å². The largest absolute Gasteiger partial charge is 0.462 e. The van der Waals surface area contributed by atoms with E-state index in [9.17, 15) is 0 Å². The minimum atomic E-state index is -0.393. The number of nitriles is 1. The van der Waals surface area contributed by atoms with Crippen LogP contribution < -0.4 is 5.73 Å². The molecule has 0 unspecified atom stereocenters. The van der Waals surface area contributed by atoms with Gasteiger partial charge in [0.25, 0.3) is 0 Å². The molecule has 1 heterocycles. The second-order valence-corrected chi connectivity index (χ2v) is 2.43. The second-order valence-electron chi connectivity index (χ2n) is 2.43. The lowest BCUT2D eigenvalue weighted by molar-refractivity contribution is 0.241. The molecule has 4 heteroatoms. The van der Waals surface area contributed by atoms with Gasteiger partial charge in [-0.2, -0.15) is 5.26 Å². The summed E-state index contributed by atoms with van der Waals surface area (Å²) in [6.45, 7) is -0.140. The van der Waals surface area contributed by atoms with Gasteiger partial charge in [-0.15, -0.1) is 0 Å². The molecular formula is C8H10N2O2. The maximum absolute atomic E-state index is 8.66. The summed E-state index contributed by atoms with van der Waals surface area (Å²) in [7, 11) is 0. The van der Waals surface area contributed by atoms with Crippen LogP contribution in [0.3, 0.4) is 0 Å². The Bertz CT molecular complexity index is 287. The summed E-state index contributed by atoms with van der Waals surface area (Å²) >= 11 is 0. The molecule has 0 fully saturated rings. The van der Waals surface area contributed by atoms with Crippen molar-refractivity contribution in [2.24, 2.45) is 5.73 Å². The molecule has 3 N–H and O–H groups in total. The van der Waals surface area contributed by atoms with Crippen LogP contribution in [0.4, 0.5) is 0 Å². The Kier molecular flexibility index (Phi) is 2.86. The molecule has 0 saturated heterocycles. The Hall–Kier alpha value is -1.31. The highest BCUT2D eigenvalue weighted by Crippen LogP contribution is 2.16. The molecule has 0 bridgehead atoms. The smallest absolute Gasteiger partial charge is 0.129 e. The van der Waals surface area contributed by atoms with Crippen molar-refractivity contribution in [3.8, 4) is 6.07 Å². The van der Waals surface area contributed by atoms with E-state index in [2.05, 4.69) is 0 Å². The Morgan fingerprint density at radius 3 is 2.92 bits per heavy atom. The van der Waals surface area contributed by atoms with E-state index in [0.717, 1.165) is 0 Å². The van der Waals surface area contributed by atoms with Gasteiger partial charge in [0.1, 0.15) is 18.1 Å². The lowest BCUT2D eigenvalue weighted by atomic mass is 10.2. The molecule has 4 nitrogen and oxygen atoms in total. The van der Waals surface area contributed by atoms with Gasteiger partial charge < -0.3 is 15.3 Å². The number of aliphatic hydroxyl groups is 1. The first-order valence-corrected chi connectivity index (χ1v) is 3.60. The van der Waals surface area contributed by atoms with Crippen LogP contribution in [0, 0.1) is 11.3 Å². The molecular weight excluding hydrogens is 156 g/mol. The third-order valence-electron chi connectivity index (χ3n) is 1.51. The fourth-order valence-corrected chi connectivity index (χ4v) is 0.878. The maximum atomic E-state index is 8.66. The molecule has 0 saturated carbocycles. The molecule has 1 rings (SSSR count). The van der Waals surface area contributed by atoms with Crippen molar-refractivity contribution in [2.75, 3.05) is 0 Å². The third-order valence-corrected chi connectivity index (χ3v) is 1.51. The van der Waals surface area contributed by atoms with Crippen LogP contribution in [-0.4, -0.2) is 5.11 Å². The fourth-order valence-electron chi connectivity index (χ4n) is 0.878. The van der Waals surface area contributed by atoms with Crippen LogP contribution in [0.25, 0.3) is 0 Å². The average Bonchev–Trinajstić information content (AvgIpc) is 2.52. The summed E-state index contributed by atoms with van der Waals surface area (Å²) in [5, 5.41) is 17.0. The molecule has 1 aromatic rings. The summed E-state index contributed by atoms with van der Waals surface area (Å²) in [4.78, 5) is 0. The predicted molar refractivity (Wildman–Crippen MR) is 41.8 cm³/mol. The maximum Gasteiger partial charge on any atom is 0.129 e. The Morgan fingerprint density at radius 1 is 1.67 bits per heavy atom. The summed E-state index contributed by atoms with van der Waals surface area (Å²) < 4.78 is 5.12. The summed E-state index contributed by atoms with van der Waals surface area (Å²) in [6.07, 6.45) is 0.221. The Labute approximate surface area is 70.2 Å². The number of hydrogen-bond acceptors (Lipinski definition) is 4. The van der Waals surface area contributed by atoms with Gasteiger partial charge in [0.15, 0.2) is 0 Å². The van der Waals surface area contributed by atoms with Crippen molar-refractivity contribution < 1.29 is 9.52 Å². The summed E-state index contributed by atoms with van der Waals surface area (Å²) in [5.41, 5.74) is 5.58. The number of furan rings is 1. The Balaban J connectivity index is 2.69. The topological polar surface area (TPSA) is 83.2 Å². The van der Waals surface area contributed by atoms with Crippen molar-refractivity contribution in [1.29, 1.82) is 5.26 Å².